The predicted octanol–water partition coefficient (Wildman–Crippen LogP) is 1.21. The second-order valence-corrected chi connectivity index (χ2v) is 5.65. The molecule has 2 atom stereocenters. The van der Waals surface area contributed by atoms with Crippen LogP contribution < -0.4 is 0 Å². The van der Waals surface area contributed by atoms with E-state index in [9.17, 15) is 10.1 Å². The normalized spacial score (nSPS) is 36.2. The van der Waals surface area contributed by atoms with Gasteiger partial charge in [-0.05, 0) is 26.4 Å². The summed E-state index contributed by atoms with van der Waals surface area (Å²) in [6.07, 6.45) is 4.28. The van der Waals surface area contributed by atoms with Gasteiger partial charge in [-0.2, -0.15) is 0 Å². The maximum Gasteiger partial charge on any atom is 0.246 e. The summed E-state index contributed by atoms with van der Waals surface area (Å²) in [5.74, 6) is 0. The molecule has 0 aromatic heterocycles. The van der Waals surface area contributed by atoms with Crippen LogP contribution in [0.4, 0.5) is 0 Å². The molecule has 2 aliphatic rings. The lowest BCUT2D eigenvalue weighted by atomic mass is 9.94. The summed E-state index contributed by atoms with van der Waals surface area (Å²) >= 11 is 0. The van der Waals surface area contributed by atoms with Gasteiger partial charge in [0, 0.05) is 23.9 Å². The molecule has 0 amide bonds. The standard InChI is InChI=1S/C12H23N3O2/c1-3-12(15(16)17)9-13(2)8-11-6-4-5-7-14(11)10-12/h11H,3-10H2,1-2H3. The molecule has 5 heteroatoms. The third-order valence-corrected chi connectivity index (χ3v) is 4.38. The summed E-state index contributed by atoms with van der Waals surface area (Å²) in [7, 11) is 2.02. The zero-order valence-corrected chi connectivity index (χ0v) is 10.9. The number of rotatable bonds is 2. The van der Waals surface area contributed by atoms with E-state index in [2.05, 4.69) is 9.80 Å². The average Bonchev–Trinajstić information content (AvgIpc) is 2.44. The minimum atomic E-state index is -0.763. The summed E-state index contributed by atoms with van der Waals surface area (Å²) in [6.45, 7) is 5.18. The second kappa shape index (κ2) is 4.90. The molecule has 0 bridgehead atoms. The van der Waals surface area contributed by atoms with Gasteiger partial charge in [-0.25, -0.2) is 0 Å². The number of nitro groups is 1. The molecule has 0 aromatic carbocycles. The highest BCUT2D eigenvalue weighted by Gasteiger charge is 2.47. The van der Waals surface area contributed by atoms with Gasteiger partial charge in [0.15, 0.2) is 0 Å². The van der Waals surface area contributed by atoms with Crippen molar-refractivity contribution in [1.29, 1.82) is 0 Å². The van der Waals surface area contributed by atoms with Crippen LogP contribution in [0.3, 0.4) is 0 Å². The van der Waals surface area contributed by atoms with Crippen molar-refractivity contribution < 1.29 is 4.92 Å². The number of nitrogens with zero attached hydrogens (tertiary/aromatic N) is 3. The smallest absolute Gasteiger partial charge is 0.246 e. The summed E-state index contributed by atoms with van der Waals surface area (Å²) in [6, 6.07) is 0.530. The molecule has 2 fully saturated rings. The molecule has 0 N–H and O–H groups in total. The molecule has 0 spiro atoms. The molecule has 2 saturated heterocycles. The molecular formula is C12H23N3O2. The molecule has 0 radical (unpaired) electrons. The monoisotopic (exact) mass is 241 g/mol. The van der Waals surface area contributed by atoms with E-state index < -0.39 is 5.54 Å². The minimum Gasteiger partial charge on any atom is -0.298 e. The van der Waals surface area contributed by atoms with Crippen molar-refractivity contribution >= 4 is 0 Å². The van der Waals surface area contributed by atoms with Crippen LogP contribution in [0.2, 0.25) is 0 Å². The Morgan fingerprint density at radius 2 is 2.18 bits per heavy atom. The molecule has 2 rings (SSSR count). The molecule has 0 aromatic rings. The SMILES string of the molecule is CCC1([N+](=O)[O-])CN(C)CC2CCCCN2C1. The maximum atomic E-state index is 11.4. The van der Waals surface area contributed by atoms with Crippen LogP contribution in [0.1, 0.15) is 32.6 Å². The lowest BCUT2D eigenvalue weighted by molar-refractivity contribution is -0.570. The number of hydrogen-bond acceptors (Lipinski definition) is 4. The van der Waals surface area contributed by atoms with Crippen LogP contribution in [0.25, 0.3) is 0 Å². The third-order valence-electron chi connectivity index (χ3n) is 4.38. The Bertz CT molecular complexity index is 297. The van der Waals surface area contributed by atoms with Gasteiger partial charge < -0.3 is 0 Å². The van der Waals surface area contributed by atoms with Gasteiger partial charge in [-0.15, -0.1) is 0 Å². The minimum absolute atomic E-state index is 0.0412. The Hall–Kier alpha value is -0.680. The first-order valence-corrected chi connectivity index (χ1v) is 6.64. The fourth-order valence-electron chi connectivity index (χ4n) is 3.30. The van der Waals surface area contributed by atoms with Crippen molar-refractivity contribution in [3.63, 3.8) is 0 Å². The van der Waals surface area contributed by atoms with Gasteiger partial charge in [-0.3, -0.25) is 19.9 Å². The Morgan fingerprint density at radius 1 is 1.41 bits per heavy atom. The highest BCUT2D eigenvalue weighted by Crippen LogP contribution is 2.27. The van der Waals surface area contributed by atoms with E-state index in [0.29, 0.717) is 25.6 Å². The van der Waals surface area contributed by atoms with E-state index in [1.165, 1.54) is 19.3 Å². The van der Waals surface area contributed by atoms with E-state index in [1.807, 2.05) is 14.0 Å². The largest absolute Gasteiger partial charge is 0.298 e. The summed E-state index contributed by atoms with van der Waals surface area (Å²) in [4.78, 5) is 15.9. The number of fused-ring (bicyclic) bond motifs is 1. The van der Waals surface area contributed by atoms with E-state index >= 15 is 0 Å². The molecule has 0 aliphatic carbocycles. The van der Waals surface area contributed by atoms with Gasteiger partial charge in [0.2, 0.25) is 5.54 Å². The predicted molar refractivity (Wildman–Crippen MR) is 66.7 cm³/mol. The Balaban J connectivity index is 2.21. The van der Waals surface area contributed by atoms with Gasteiger partial charge in [0.25, 0.3) is 0 Å². The van der Waals surface area contributed by atoms with Gasteiger partial charge in [0.05, 0.1) is 13.1 Å². The number of piperidine rings is 1. The first-order valence-electron chi connectivity index (χ1n) is 6.64. The van der Waals surface area contributed by atoms with Crippen LogP contribution in [-0.4, -0.2) is 59.5 Å². The highest BCUT2D eigenvalue weighted by atomic mass is 16.6. The molecular weight excluding hydrogens is 218 g/mol. The van der Waals surface area contributed by atoms with Crippen molar-refractivity contribution in [3.05, 3.63) is 10.1 Å². The summed E-state index contributed by atoms with van der Waals surface area (Å²) in [5, 5.41) is 11.4. The van der Waals surface area contributed by atoms with Crippen molar-refractivity contribution in [2.24, 2.45) is 0 Å². The summed E-state index contributed by atoms with van der Waals surface area (Å²) < 4.78 is 0. The number of likely N-dealkylation sites (N-methyl/N-ethyl adjacent to an activating group) is 1. The highest BCUT2D eigenvalue weighted by molar-refractivity contribution is 4.93. The third kappa shape index (κ3) is 2.45. The van der Waals surface area contributed by atoms with Crippen LogP contribution >= 0.6 is 0 Å². The van der Waals surface area contributed by atoms with Crippen molar-refractivity contribution in [2.45, 2.75) is 44.2 Å². The van der Waals surface area contributed by atoms with E-state index in [-0.39, 0.29) is 4.92 Å². The van der Waals surface area contributed by atoms with Gasteiger partial charge >= 0.3 is 0 Å². The zero-order valence-electron chi connectivity index (χ0n) is 10.9. The van der Waals surface area contributed by atoms with E-state index in [0.717, 1.165) is 13.1 Å². The first kappa shape index (κ1) is 12.8. The van der Waals surface area contributed by atoms with Crippen LogP contribution in [-0.2, 0) is 0 Å². The van der Waals surface area contributed by atoms with Crippen LogP contribution in [0, 0.1) is 10.1 Å². The average molecular weight is 241 g/mol. The molecule has 98 valence electrons. The zero-order chi connectivity index (χ0) is 12.5. The first-order chi connectivity index (χ1) is 8.07. The molecule has 0 saturated carbocycles. The van der Waals surface area contributed by atoms with Crippen molar-refractivity contribution in [1.82, 2.24) is 9.80 Å². The topological polar surface area (TPSA) is 49.6 Å². The quantitative estimate of drug-likeness (QED) is 0.538. The van der Waals surface area contributed by atoms with E-state index in [1.54, 1.807) is 0 Å². The van der Waals surface area contributed by atoms with Gasteiger partial charge in [0.1, 0.15) is 0 Å². The van der Waals surface area contributed by atoms with E-state index in [4.69, 9.17) is 0 Å². The lowest BCUT2D eigenvalue weighted by Crippen LogP contribution is -2.53. The molecule has 2 unspecified atom stereocenters. The van der Waals surface area contributed by atoms with Crippen LogP contribution in [0.5, 0.6) is 0 Å². The van der Waals surface area contributed by atoms with Crippen LogP contribution in [0.15, 0.2) is 0 Å². The molecule has 2 aliphatic heterocycles. The fraction of sp³-hybridized carbons (Fsp3) is 1.00. The maximum absolute atomic E-state index is 11.4. The Labute approximate surface area is 103 Å². The van der Waals surface area contributed by atoms with Crippen molar-refractivity contribution in [2.75, 3.05) is 33.2 Å². The van der Waals surface area contributed by atoms with Gasteiger partial charge in [-0.1, -0.05) is 13.3 Å². The fourth-order valence-corrected chi connectivity index (χ4v) is 3.30. The second-order valence-electron chi connectivity index (χ2n) is 5.65. The molecule has 17 heavy (non-hydrogen) atoms. The summed E-state index contributed by atoms with van der Waals surface area (Å²) in [5.41, 5.74) is -0.763. The lowest BCUT2D eigenvalue weighted by Gasteiger charge is -2.36. The Kier molecular flexibility index (Phi) is 3.68. The number of hydrogen-bond donors (Lipinski definition) is 0. The molecule has 2 heterocycles. The van der Waals surface area contributed by atoms with Crippen molar-refractivity contribution in [3.8, 4) is 0 Å². The molecule has 5 nitrogen and oxygen atoms in total. The Morgan fingerprint density at radius 3 is 2.82 bits per heavy atom.